The Bertz CT molecular complexity index is 653. The zero-order valence-electron chi connectivity index (χ0n) is 14.1. The van der Waals surface area contributed by atoms with Crippen LogP contribution >= 0.6 is 0 Å². The van der Waals surface area contributed by atoms with Crippen molar-refractivity contribution in [2.24, 2.45) is 10.2 Å². The van der Waals surface area contributed by atoms with Crippen LogP contribution in [-0.2, 0) is 0 Å². The lowest BCUT2D eigenvalue weighted by atomic mass is 10.0. The van der Waals surface area contributed by atoms with Gasteiger partial charge in [-0.25, -0.2) is 0 Å². The highest BCUT2D eigenvalue weighted by atomic mass is 16.3. The molecule has 0 aliphatic heterocycles. The van der Waals surface area contributed by atoms with Crippen molar-refractivity contribution in [2.45, 2.75) is 20.8 Å². The Morgan fingerprint density at radius 1 is 1.13 bits per heavy atom. The van der Waals surface area contributed by atoms with Gasteiger partial charge in [0.25, 0.3) is 0 Å². The minimum absolute atomic E-state index is 0.0437. The van der Waals surface area contributed by atoms with Crippen molar-refractivity contribution in [3.05, 3.63) is 72.7 Å². The highest BCUT2D eigenvalue weighted by molar-refractivity contribution is 5.80. The van der Waals surface area contributed by atoms with Crippen LogP contribution in [0.5, 0.6) is 0 Å². The van der Waals surface area contributed by atoms with E-state index in [9.17, 15) is 0 Å². The lowest BCUT2D eigenvalue weighted by Gasteiger charge is -2.07. The van der Waals surface area contributed by atoms with E-state index in [1.807, 2.05) is 20.8 Å². The quantitative estimate of drug-likeness (QED) is 0.284. The van der Waals surface area contributed by atoms with Gasteiger partial charge in [0.15, 0.2) is 0 Å². The van der Waals surface area contributed by atoms with Crippen molar-refractivity contribution in [1.82, 2.24) is 0 Å². The van der Waals surface area contributed by atoms with Crippen LogP contribution in [0, 0.1) is 0 Å². The molecule has 0 aromatic heterocycles. The minimum Gasteiger partial charge on any atom is -0.509 e. The number of nitrogens with two attached hydrogens (primary N) is 1. The maximum atomic E-state index is 9.04. The molecule has 4 heteroatoms. The maximum Gasteiger partial charge on any atom is 0.108 e. The summed E-state index contributed by atoms with van der Waals surface area (Å²) in [5.41, 5.74) is 9.30. The molecule has 0 saturated carbocycles. The molecule has 1 rings (SSSR count). The third-order valence-corrected chi connectivity index (χ3v) is 2.72. The molecule has 0 radical (unpaired) electrons. The number of azo groups is 1. The first-order chi connectivity index (χ1) is 11.0. The number of rotatable bonds is 6. The molecule has 3 N–H and O–H groups in total. The molecule has 0 amide bonds. The fraction of sp³-hybridized carbons (Fsp3) is 0.158. The summed E-state index contributed by atoms with van der Waals surface area (Å²) < 4.78 is 0. The van der Waals surface area contributed by atoms with Gasteiger partial charge < -0.3 is 10.8 Å². The van der Waals surface area contributed by atoms with Crippen LogP contribution in [0.3, 0.4) is 0 Å². The highest BCUT2D eigenvalue weighted by Crippen LogP contribution is 2.30. The van der Waals surface area contributed by atoms with E-state index in [0.29, 0.717) is 17.1 Å². The second-order valence-electron chi connectivity index (χ2n) is 4.15. The average molecular weight is 311 g/mol. The van der Waals surface area contributed by atoms with Gasteiger partial charge in [-0.2, -0.15) is 5.11 Å². The minimum atomic E-state index is -0.0437. The Morgan fingerprint density at radius 2 is 1.74 bits per heavy atom. The van der Waals surface area contributed by atoms with E-state index in [4.69, 9.17) is 10.8 Å². The first-order valence-corrected chi connectivity index (χ1v) is 7.34. The van der Waals surface area contributed by atoms with E-state index in [0.717, 1.165) is 11.1 Å². The summed E-state index contributed by atoms with van der Waals surface area (Å²) in [6, 6.07) is 3.52. The van der Waals surface area contributed by atoms with E-state index in [1.54, 1.807) is 36.4 Å². The molecule has 0 aliphatic rings. The molecule has 0 aliphatic carbocycles. The topological polar surface area (TPSA) is 71.0 Å². The maximum absolute atomic E-state index is 9.04. The van der Waals surface area contributed by atoms with Crippen LogP contribution in [0.2, 0.25) is 0 Å². The molecule has 1 aromatic rings. The standard InChI is InChI=1S/C17H19N3O.C2H6/c1-5-13(9-8-12(4)21)19-20-17-11-10-16(18)14(6-2)15(17)7-3;1-2/h5-11,21H,2-4,18H2,1H3;1-2H3/b9-8-,13-5+,20-19?;. The summed E-state index contributed by atoms with van der Waals surface area (Å²) in [5.74, 6) is -0.0437. The van der Waals surface area contributed by atoms with Crippen molar-refractivity contribution in [2.75, 3.05) is 5.73 Å². The summed E-state index contributed by atoms with van der Waals surface area (Å²) in [4.78, 5) is 0. The molecule has 0 heterocycles. The van der Waals surface area contributed by atoms with E-state index in [-0.39, 0.29) is 5.76 Å². The van der Waals surface area contributed by atoms with Crippen LogP contribution in [0.1, 0.15) is 31.9 Å². The average Bonchev–Trinajstić information content (AvgIpc) is 2.57. The third-order valence-electron chi connectivity index (χ3n) is 2.72. The van der Waals surface area contributed by atoms with Crippen LogP contribution in [0.4, 0.5) is 11.4 Å². The van der Waals surface area contributed by atoms with Gasteiger partial charge in [0, 0.05) is 16.8 Å². The Kier molecular flexibility index (Phi) is 9.44. The largest absolute Gasteiger partial charge is 0.509 e. The first kappa shape index (κ1) is 20.1. The molecular weight excluding hydrogens is 286 g/mol. The summed E-state index contributed by atoms with van der Waals surface area (Å²) in [6.07, 6.45) is 8.16. The number of anilines is 1. The van der Waals surface area contributed by atoms with Gasteiger partial charge in [-0.05, 0) is 31.2 Å². The molecule has 4 nitrogen and oxygen atoms in total. The van der Waals surface area contributed by atoms with Crippen LogP contribution in [0.25, 0.3) is 12.2 Å². The van der Waals surface area contributed by atoms with E-state index < -0.39 is 0 Å². The van der Waals surface area contributed by atoms with Crippen LogP contribution in [-0.4, -0.2) is 5.11 Å². The number of allylic oxidation sites excluding steroid dienone is 3. The molecule has 0 unspecified atom stereocenters. The van der Waals surface area contributed by atoms with Crippen molar-refractivity contribution in [3.8, 4) is 0 Å². The molecule has 0 atom stereocenters. The van der Waals surface area contributed by atoms with E-state index in [1.165, 1.54) is 6.08 Å². The Morgan fingerprint density at radius 3 is 2.22 bits per heavy atom. The second kappa shape index (κ2) is 10.8. The molecule has 122 valence electrons. The van der Waals surface area contributed by atoms with Gasteiger partial charge in [0.1, 0.15) is 5.76 Å². The molecule has 23 heavy (non-hydrogen) atoms. The molecular formula is C19H25N3O. The van der Waals surface area contributed by atoms with Gasteiger partial charge in [-0.15, -0.1) is 5.11 Å². The number of nitrogen functional groups attached to an aromatic ring is 1. The van der Waals surface area contributed by atoms with Crippen LogP contribution < -0.4 is 5.73 Å². The fourth-order valence-corrected chi connectivity index (χ4v) is 1.65. The first-order valence-electron chi connectivity index (χ1n) is 7.34. The van der Waals surface area contributed by atoms with Crippen molar-refractivity contribution < 1.29 is 5.11 Å². The monoisotopic (exact) mass is 311 g/mol. The number of benzene rings is 1. The number of aliphatic hydroxyl groups excluding tert-OH is 1. The zero-order valence-corrected chi connectivity index (χ0v) is 14.1. The van der Waals surface area contributed by atoms with Crippen molar-refractivity contribution in [1.29, 1.82) is 0 Å². The van der Waals surface area contributed by atoms with Gasteiger partial charge in [0.05, 0.1) is 11.4 Å². The lowest BCUT2D eigenvalue weighted by molar-refractivity contribution is 0.435. The Labute approximate surface area is 138 Å². The van der Waals surface area contributed by atoms with E-state index in [2.05, 4.69) is 30.0 Å². The predicted molar refractivity (Wildman–Crippen MR) is 102 cm³/mol. The van der Waals surface area contributed by atoms with Gasteiger partial charge in [-0.1, -0.05) is 51.8 Å². The normalized spacial score (nSPS) is 11.2. The summed E-state index contributed by atoms with van der Waals surface area (Å²) in [6.45, 7) is 16.7. The van der Waals surface area contributed by atoms with Crippen LogP contribution in [0.15, 0.2) is 71.8 Å². The van der Waals surface area contributed by atoms with Gasteiger partial charge in [0.2, 0.25) is 0 Å². The Hall–Kier alpha value is -2.88. The van der Waals surface area contributed by atoms with Gasteiger partial charge >= 0.3 is 0 Å². The summed E-state index contributed by atoms with van der Waals surface area (Å²) >= 11 is 0. The summed E-state index contributed by atoms with van der Waals surface area (Å²) in [7, 11) is 0. The van der Waals surface area contributed by atoms with Crippen molar-refractivity contribution >= 4 is 23.5 Å². The smallest absolute Gasteiger partial charge is 0.108 e. The van der Waals surface area contributed by atoms with Gasteiger partial charge in [-0.3, -0.25) is 0 Å². The van der Waals surface area contributed by atoms with E-state index >= 15 is 0 Å². The fourth-order valence-electron chi connectivity index (χ4n) is 1.65. The predicted octanol–water partition coefficient (Wildman–Crippen LogP) is 6.20. The number of aliphatic hydroxyl groups is 1. The number of hydrogen-bond donors (Lipinski definition) is 2. The molecule has 1 aromatic carbocycles. The SMILES string of the molecule is C=Cc1c(N)ccc(N=NC(/C=C\C(=C)O)=C/C)c1C=C.CC. The molecule has 0 spiro atoms. The summed E-state index contributed by atoms with van der Waals surface area (Å²) in [5, 5.41) is 17.4. The Balaban J connectivity index is 0.00000232. The zero-order chi connectivity index (χ0) is 17.8. The third kappa shape index (κ3) is 6.18. The number of nitrogens with zero attached hydrogens (tertiary/aromatic N) is 2. The molecule has 0 fully saturated rings. The lowest BCUT2D eigenvalue weighted by Crippen LogP contribution is -1.92. The van der Waals surface area contributed by atoms with Crippen molar-refractivity contribution in [3.63, 3.8) is 0 Å². The highest BCUT2D eigenvalue weighted by Gasteiger charge is 2.06. The molecule has 0 saturated heterocycles. The number of hydrogen-bond acceptors (Lipinski definition) is 4. The molecule has 0 bridgehead atoms. The second-order valence-corrected chi connectivity index (χ2v) is 4.15.